The van der Waals surface area contributed by atoms with Gasteiger partial charge in [0.05, 0.1) is 18.1 Å². The predicted molar refractivity (Wildman–Crippen MR) is 83.3 cm³/mol. The molecule has 0 radical (unpaired) electrons. The molecule has 25 heavy (non-hydrogen) atoms. The number of benzene rings is 1. The van der Waals surface area contributed by atoms with Gasteiger partial charge in [-0.1, -0.05) is 0 Å². The molecule has 1 heterocycles. The van der Waals surface area contributed by atoms with Crippen LogP contribution in [0.25, 0.3) is 0 Å². The van der Waals surface area contributed by atoms with E-state index in [1.54, 1.807) is 0 Å². The highest BCUT2D eigenvalue weighted by molar-refractivity contribution is 5.73. The zero-order valence-electron chi connectivity index (χ0n) is 13.4. The van der Waals surface area contributed by atoms with Crippen molar-refractivity contribution in [2.24, 2.45) is 0 Å². The van der Waals surface area contributed by atoms with E-state index in [-0.39, 0.29) is 12.3 Å². The van der Waals surface area contributed by atoms with E-state index in [0.717, 1.165) is 0 Å². The van der Waals surface area contributed by atoms with Crippen LogP contribution in [0.2, 0.25) is 0 Å². The molecule has 1 saturated heterocycles. The number of nitro benzene ring substituents is 1. The topological polar surface area (TPSA) is 151 Å². The van der Waals surface area contributed by atoms with Crippen molar-refractivity contribution in [1.82, 2.24) is 5.32 Å². The summed E-state index contributed by atoms with van der Waals surface area (Å²) in [7, 11) is 0. The number of ether oxygens (including phenoxy) is 2. The standard InChI is InChI=1S/C15H20N2O8/c1-8(19)16-12-14(21)13(20)11(6-18)25-15(12)24-7-9-2-4-10(5-3-9)17(22)23/h2-5,11-15,18,20-21H,6-7H2,1H3,(H,16,19)/t11-,12+,13-,14-,15-/m1/s1. The number of rotatable bonds is 6. The number of hydrogen-bond acceptors (Lipinski definition) is 8. The maximum Gasteiger partial charge on any atom is 0.269 e. The summed E-state index contributed by atoms with van der Waals surface area (Å²) in [6, 6.07) is 4.61. The van der Waals surface area contributed by atoms with Crippen LogP contribution < -0.4 is 5.32 Å². The van der Waals surface area contributed by atoms with Gasteiger partial charge in [-0.25, -0.2) is 0 Å². The third-order valence-corrected chi connectivity index (χ3v) is 3.81. The van der Waals surface area contributed by atoms with Gasteiger partial charge in [-0.05, 0) is 17.7 Å². The van der Waals surface area contributed by atoms with E-state index in [4.69, 9.17) is 9.47 Å². The maximum atomic E-state index is 11.3. The Morgan fingerprint density at radius 1 is 1.32 bits per heavy atom. The van der Waals surface area contributed by atoms with Gasteiger partial charge in [-0.2, -0.15) is 0 Å². The van der Waals surface area contributed by atoms with Crippen molar-refractivity contribution in [3.8, 4) is 0 Å². The highest BCUT2D eigenvalue weighted by Crippen LogP contribution is 2.23. The molecule has 138 valence electrons. The van der Waals surface area contributed by atoms with Crippen LogP contribution in [0.3, 0.4) is 0 Å². The Bertz CT molecular complexity index is 608. The summed E-state index contributed by atoms with van der Waals surface area (Å²) in [6.07, 6.45) is -4.96. The van der Waals surface area contributed by atoms with Gasteiger partial charge in [0.1, 0.15) is 24.4 Å². The van der Waals surface area contributed by atoms with Crippen molar-refractivity contribution in [2.45, 2.75) is 44.2 Å². The third-order valence-electron chi connectivity index (χ3n) is 3.81. The van der Waals surface area contributed by atoms with E-state index in [1.807, 2.05) is 0 Å². The van der Waals surface area contributed by atoms with Crippen LogP contribution in [0.5, 0.6) is 0 Å². The lowest BCUT2D eigenvalue weighted by atomic mass is 9.97. The summed E-state index contributed by atoms with van der Waals surface area (Å²) in [6.45, 7) is 0.687. The zero-order valence-corrected chi connectivity index (χ0v) is 13.4. The second kappa shape index (κ2) is 8.32. The Balaban J connectivity index is 2.07. The van der Waals surface area contributed by atoms with Crippen molar-refractivity contribution in [1.29, 1.82) is 0 Å². The molecule has 10 nitrogen and oxygen atoms in total. The summed E-state index contributed by atoms with van der Waals surface area (Å²) < 4.78 is 11.0. The molecule has 1 aliphatic rings. The molecule has 1 fully saturated rings. The van der Waals surface area contributed by atoms with E-state index in [1.165, 1.54) is 31.2 Å². The van der Waals surface area contributed by atoms with Crippen molar-refractivity contribution in [3.05, 3.63) is 39.9 Å². The van der Waals surface area contributed by atoms with Gasteiger partial charge in [0.25, 0.3) is 5.69 Å². The van der Waals surface area contributed by atoms with Gasteiger partial charge in [-0.3, -0.25) is 14.9 Å². The first-order valence-electron chi connectivity index (χ1n) is 7.58. The van der Waals surface area contributed by atoms with E-state index >= 15 is 0 Å². The Morgan fingerprint density at radius 3 is 2.48 bits per heavy atom. The Morgan fingerprint density at radius 2 is 1.96 bits per heavy atom. The third kappa shape index (κ3) is 4.71. The Kier molecular flexibility index (Phi) is 6.39. The number of hydrogen-bond donors (Lipinski definition) is 4. The van der Waals surface area contributed by atoms with Crippen LogP contribution in [0.15, 0.2) is 24.3 Å². The van der Waals surface area contributed by atoms with Crippen molar-refractivity contribution < 1.29 is 34.5 Å². The second-order valence-electron chi connectivity index (χ2n) is 5.67. The number of carbonyl (C=O) groups is 1. The zero-order chi connectivity index (χ0) is 18.6. The molecule has 0 unspecified atom stereocenters. The smallest absolute Gasteiger partial charge is 0.269 e. The molecule has 4 N–H and O–H groups in total. The molecule has 1 amide bonds. The Labute approximate surface area is 143 Å². The van der Waals surface area contributed by atoms with E-state index < -0.39 is 48.1 Å². The van der Waals surface area contributed by atoms with Gasteiger partial charge in [0, 0.05) is 19.1 Å². The summed E-state index contributed by atoms with van der Waals surface area (Å²) in [4.78, 5) is 21.4. The van der Waals surface area contributed by atoms with Crippen molar-refractivity contribution >= 4 is 11.6 Å². The number of carbonyl (C=O) groups excluding carboxylic acids is 1. The largest absolute Gasteiger partial charge is 0.394 e. The SMILES string of the molecule is CC(=O)N[C@@H]1[C@H](OCc2ccc([N+](=O)[O-])cc2)O[C@H](CO)[C@@H](O)[C@@H]1O. The van der Waals surface area contributed by atoms with Crippen LogP contribution in [-0.2, 0) is 20.9 Å². The lowest BCUT2D eigenvalue weighted by Gasteiger charge is -2.42. The normalized spacial score (nSPS) is 29.2. The molecule has 10 heteroatoms. The molecule has 1 aromatic rings. The number of nitrogens with zero attached hydrogens (tertiary/aromatic N) is 1. The average Bonchev–Trinajstić information content (AvgIpc) is 2.58. The first-order valence-corrected chi connectivity index (χ1v) is 7.58. The quantitative estimate of drug-likeness (QED) is 0.376. The van der Waals surface area contributed by atoms with Gasteiger partial charge in [0.2, 0.25) is 5.91 Å². The number of nitrogens with one attached hydrogen (secondary N) is 1. The molecule has 1 aliphatic heterocycles. The fraction of sp³-hybridized carbons (Fsp3) is 0.533. The molecule has 0 spiro atoms. The first-order chi connectivity index (χ1) is 11.8. The highest BCUT2D eigenvalue weighted by Gasteiger charge is 2.45. The Hall–Kier alpha value is -2.11. The van der Waals surface area contributed by atoms with Gasteiger partial charge in [0.15, 0.2) is 6.29 Å². The average molecular weight is 356 g/mol. The summed E-state index contributed by atoms with van der Waals surface area (Å²) in [5.74, 6) is -0.453. The molecule has 0 saturated carbocycles. The van der Waals surface area contributed by atoms with Crippen molar-refractivity contribution in [2.75, 3.05) is 6.61 Å². The van der Waals surface area contributed by atoms with Crippen LogP contribution in [0.4, 0.5) is 5.69 Å². The number of aliphatic hydroxyl groups excluding tert-OH is 3. The van der Waals surface area contributed by atoms with Crippen LogP contribution in [-0.4, -0.2) is 63.4 Å². The fourth-order valence-corrected chi connectivity index (χ4v) is 2.51. The van der Waals surface area contributed by atoms with Crippen LogP contribution >= 0.6 is 0 Å². The van der Waals surface area contributed by atoms with E-state index in [9.17, 15) is 30.2 Å². The molecule has 2 rings (SSSR count). The minimum absolute atomic E-state index is 0.0142. The summed E-state index contributed by atoms with van der Waals surface area (Å²) in [5, 5.41) is 42.4. The lowest BCUT2D eigenvalue weighted by molar-refractivity contribution is -0.384. The highest BCUT2D eigenvalue weighted by atomic mass is 16.7. The van der Waals surface area contributed by atoms with Gasteiger partial charge >= 0.3 is 0 Å². The van der Waals surface area contributed by atoms with Gasteiger partial charge in [-0.15, -0.1) is 0 Å². The first kappa shape index (κ1) is 19.2. The minimum Gasteiger partial charge on any atom is -0.394 e. The van der Waals surface area contributed by atoms with Gasteiger partial charge < -0.3 is 30.1 Å². The van der Waals surface area contributed by atoms with Crippen LogP contribution in [0.1, 0.15) is 12.5 Å². The molecular weight excluding hydrogens is 336 g/mol. The monoisotopic (exact) mass is 356 g/mol. The molecular formula is C15H20N2O8. The van der Waals surface area contributed by atoms with Crippen LogP contribution in [0, 0.1) is 10.1 Å². The summed E-state index contributed by atoms with van der Waals surface area (Å²) >= 11 is 0. The second-order valence-corrected chi connectivity index (χ2v) is 5.67. The van der Waals surface area contributed by atoms with E-state index in [2.05, 4.69) is 5.32 Å². The molecule has 0 bridgehead atoms. The summed E-state index contributed by atoms with van der Waals surface area (Å²) in [5.41, 5.74) is 0.546. The minimum atomic E-state index is -1.39. The fourth-order valence-electron chi connectivity index (χ4n) is 2.51. The molecule has 0 aliphatic carbocycles. The molecule has 5 atom stereocenters. The number of aliphatic hydroxyl groups is 3. The van der Waals surface area contributed by atoms with E-state index in [0.29, 0.717) is 5.56 Å². The molecule has 0 aromatic heterocycles. The molecule has 1 aromatic carbocycles. The lowest BCUT2D eigenvalue weighted by Crippen LogP contribution is -2.64. The number of nitro groups is 1. The number of non-ortho nitro benzene ring substituents is 1. The predicted octanol–water partition coefficient (Wildman–Crippen LogP) is -0.945. The van der Waals surface area contributed by atoms with Crippen molar-refractivity contribution in [3.63, 3.8) is 0 Å². The number of amides is 1. The maximum absolute atomic E-state index is 11.3.